The molecule has 2 N–H and O–H groups in total. The number of carbonyl (C=O) groups excluding carboxylic acids is 1. The molecule has 0 aromatic rings. The molecule has 0 spiro atoms. The first kappa shape index (κ1) is 24.7. The molecule has 2 aliphatic rings. The van der Waals surface area contributed by atoms with Crippen molar-refractivity contribution in [3.63, 3.8) is 0 Å². The van der Waals surface area contributed by atoms with E-state index < -0.39 is 5.60 Å². The molecule has 2 bridgehead atoms. The molecule has 2 heterocycles. The Morgan fingerprint density at radius 3 is 2.37 bits per heavy atom. The lowest BCUT2D eigenvalue weighted by Crippen LogP contribution is -2.55. The van der Waals surface area contributed by atoms with E-state index in [4.69, 9.17) is 4.74 Å². The summed E-state index contributed by atoms with van der Waals surface area (Å²) in [7, 11) is 1.82. The van der Waals surface area contributed by atoms with Gasteiger partial charge in [-0.3, -0.25) is 4.99 Å². The standard InChI is InChI=1S/C19H36N4O2S.HI/c1-19(2,3)25-18(24)23-15-8-9-16(23)13-14(12-15)22-17(20-4)21-10-6-7-11-26-5;/h14-16H,6-13H2,1-5H3,(H2,20,21,22);1H. The second-order valence-corrected chi connectivity index (χ2v) is 9.27. The van der Waals surface area contributed by atoms with Gasteiger partial charge in [0, 0.05) is 31.7 Å². The molecule has 8 heteroatoms. The summed E-state index contributed by atoms with van der Waals surface area (Å²) >= 11 is 1.89. The summed E-state index contributed by atoms with van der Waals surface area (Å²) in [6.07, 6.45) is 8.44. The number of halogens is 1. The molecule has 0 aromatic carbocycles. The van der Waals surface area contributed by atoms with Gasteiger partial charge < -0.3 is 20.3 Å². The van der Waals surface area contributed by atoms with E-state index >= 15 is 0 Å². The summed E-state index contributed by atoms with van der Waals surface area (Å²) in [5.74, 6) is 2.09. The first-order valence-corrected chi connectivity index (χ1v) is 11.2. The van der Waals surface area contributed by atoms with Gasteiger partial charge in [0.25, 0.3) is 0 Å². The zero-order chi connectivity index (χ0) is 19.2. The minimum Gasteiger partial charge on any atom is -0.444 e. The highest BCUT2D eigenvalue weighted by molar-refractivity contribution is 14.0. The van der Waals surface area contributed by atoms with E-state index in [9.17, 15) is 4.79 Å². The van der Waals surface area contributed by atoms with Gasteiger partial charge in [-0.25, -0.2) is 4.79 Å². The maximum absolute atomic E-state index is 12.5. The van der Waals surface area contributed by atoms with Crippen LogP contribution in [-0.4, -0.2) is 66.3 Å². The lowest BCUT2D eigenvalue weighted by atomic mass is 9.98. The van der Waals surface area contributed by atoms with Crippen LogP contribution in [0.4, 0.5) is 4.79 Å². The van der Waals surface area contributed by atoms with Crippen molar-refractivity contribution in [2.75, 3.05) is 25.6 Å². The molecule has 2 fully saturated rings. The summed E-state index contributed by atoms with van der Waals surface area (Å²) in [6.45, 7) is 6.73. The topological polar surface area (TPSA) is 66.0 Å². The van der Waals surface area contributed by atoms with Crippen LogP contribution in [-0.2, 0) is 4.74 Å². The third kappa shape index (κ3) is 7.87. The number of fused-ring (bicyclic) bond motifs is 2. The van der Waals surface area contributed by atoms with Gasteiger partial charge in [-0.2, -0.15) is 11.8 Å². The Morgan fingerprint density at radius 1 is 1.22 bits per heavy atom. The molecule has 158 valence electrons. The third-order valence-electron chi connectivity index (χ3n) is 4.97. The molecule has 0 radical (unpaired) electrons. The molecule has 0 saturated carbocycles. The lowest BCUT2D eigenvalue weighted by molar-refractivity contribution is 0.00545. The number of carbonyl (C=O) groups is 1. The highest BCUT2D eigenvalue weighted by Gasteiger charge is 2.44. The number of nitrogens with zero attached hydrogens (tertiary/aromatic N) is 2. The fraction of sp³-hybridized carbons (Fsp3) is 0.895. The summed E-state index contributed by atoms with van der Waals surface area (Å²) in [4.78, 5) is 18.9. The van der Waals surface area contributed by atoms with E-state index in [1.165, 1.54) is 12.2 Å². The van der Waals surface area contributed by atoms with Crippen LogP contribution < -0.4 is 10.6 Å². The SMILES string of the molecule is CN=C(NCCCCSC)NC1CC2CCC(C1)N2C(=O)OC(C)(C)C.I. The average Bonchev–Trinajstić information content (AvgIpc) is 2.83. The minimum atomic E-state index is -0.437. The summed E-state index contributed by atoms with van der Waals surface area (Å²) in [5.41, 5.74) is -0.437. The number of unbranched alkanes of at least 4 members (excludes halogenated alkanes) is 1. The van der Waals surface area contributed by atoms with Crippen LogP contribution in [0.5, 0.6) is 0 Å². The number of ether oxygens (including phenoxy) is 1. The number of thioether (sulfide) groups is 1. The molecule has 2 unspecified atom stereocenters. The van der Waals surface area contributed by atoms with E-state index in [1.54, 1.807) is 0 Å². The highest BCUT2D eigenvalue weighted by Crippen LogP contribution is 2.36. The number of nitrogens with one attached hydrogen (secondary N) is 2. The van der Waals surface area contributed by atoms with Gasteiger partial charge in [0.1, 0.15) is 5.60 Å². The average molecular weight is 513 g/mol. The highest BCUT2D eigenvalue weighted by atomic mass is 127. The Bertz CT molecular complexity index is 485. The molecule has 2 saturated heterocycles. The molecule has 1 amide bonds. The summed E-state index contributed by atoms with van der Waals surface area (Å²) in [5, 5.41) is 6.98. The van der Waals surface area contributed by atoms with Crippen molar-refractivity contribution in [3.8, 4) is 0 Å². The van der Waals surface area contributed by atoms with Gasteiger partial charge in [-0.05, 0) is 71.3 Å². The van der Waals surface area contributed by atoms with Gasteiger partial charge in [0.2, 0.25) is 0 Å². The second kappa shape index (κ2) is 11.6. The van der Waals surface area contributed by atoms with Gasteiger partial charge >= 0.3 is 6.09 Å². The van der Waals surface area contributed by atoms with E-state index in [-0.39, 0.29) is 42.2 Å². The largest absolute Gasteiger partial charge is 0.444 e. The Kier molecular flexibility index (Phi) is 10.6. The molecule has 6 nitrogen and oxygen atoms in total. The van der Waals surface area contributed by atoms with E-state index in [0.717, 1.165) is 44.6 Å². The maximum Gasteiger partial charge on any atom is 0.410 e. The number of piperidine rings is 1. The lowest BCUT2D eigenvalue weighted by Gasteiger charge is -2.40. The minimum absolute atomic E-state index is 0. The van der Waals surface area contributed by atoms with Gasteiger partial charge in [0.05, 0.1) is 0 Å². The fourth-order valence-electron chi connectivity index (χ4n) is 3.87. The zero-order valence-corrected chi connectivity index (χ0v) is 20.6. The zero-order valence-electron chi connectivity index (χ0n) is 17.4. The first-order chi connectivity index (χ1) is 12.3. The van der Waals surface area contributed by atoms with Crippen molar-refractivity contribution >= 4 is 47.8 Å². The number of guanidine groups is 1. The van der Waals surface area contributed by atoms with Crippen molar-refractivity contribution in [2.45, 2.75) is 83.0 Å². The summed E-state index contributed by atoms with van der Waals surface area (Å²) < 4.78 is 5.61. The van der Waals surface area contributed by atoms with Crippen LogP contribution in [0.3, 0.4) is 0 Å². The van der Waals surface area contributed by atoms with Crippen LogP contribution in [0.2, 0.25) is 0 Å². The normalized spacial score (nSPS) is 25.0. The quantitative estimate of drug-likeness (QED) is 0.245. The number of aliphatic imine (C=N–C) groups is 1. The van der Waals surface area contributed by atoms with E-state index in [1.807, 2.05) is 44.5 Å². The van der Waals surface area contributed by atoms with Crippen LogP contribution in [0.1, 0.15) is 59.3 Å². The van der Waals surface area contributed by atoms with Crippen molar-refractivity contribution < 1.29 is 9.53 Å². The Morgan fingerprint density at radius 2 is 1.85 bits per heavy atom. The molecule has 0 aliphatic carbocycles. The van der Waals surface area contributed by atoms with Crippen molar-refractivity contribution in [1.82, 2.24) is 15.5 Å². The van der Waals surface area contributed by atoms with Gasteiger partial charge in [-0.15, -0.1) is 24.0 Å². The second-order valence-electron chi connectivity index (χ2n) is 8.28. The van der Waals surface area contributed by atoms with Gasteiger partial charge in [-0.1, -0.05) is 0 Å². The Balaban J connectivity index is 0.00000364. The molecule has 2 aliphatic heterocycles. The first-order valence-electron chi connectivity index (χ1n) is 9.81. The number of rotatable bonds is 6. The predicted molar refractivity (Wildman–Crippen MR) is 125 cm³/mol. The number of hydrogen-bond donors (Lipinski definition) is 2. The Hall–Kier alpha value is -0.380. The van der Waals surface area contributed by atoms with Crippen LogP contribution in [0.25, 0.3) is 0 Å². The van der Waals surface area contributed by atoms with Crippen molar-refractivity contribution in [2.24, 2.45) is 4.99 Å². The molecular weight excluding hydrogens is 475 g/mol. The van der Waals surface area contributed by atoms with Crippen LogP contribution in [0.15, 0.2) is 4.99 Å². The molecular formula is C19H37IN4O2S. The predicted octanol–water partition coefficient (Wildman–Crippen LogP) is 3.84. The van der Waals surface area contributed by atoms with E-state index in [2.05, 4.69) is 21.9 Å². The molecule has 27 heavy (non-hydrogen) atoms. The van der Waals surface area contributed by atoms with Gasteiger partial charge in [0.15, 0.2) is 5.96 Å². The van der Waals surface area contributed by atoms with Crippen LogP contribution in [0, 0.1) is 0 Å². The van der Waals surface area contributed by atoms with Crippen molar-refractivity contribution in [1.29, 1.82) is 0 Å². The third-order valence-corrected chi connectivity index (χ3v) is 5.67. The fourth-order valence-corrected chi connectivity index (χ4v) is 4.37. The monoisotopic (exact) mass is 512 g/mol. The van der Waals surface area contributed by atoms with E-state index in [0.29, 0.717) is 6.04 Å². The maximum atomic E-state index is 12.5. The Labute approximate surface area is 186 Å². The molecule has 0 aromatic heterocycles. The van der Waals surface area contributed by atoms with Crippen LogP contribution >= 0.6 is 35.7 Å². The smallest absolute Gasteiger partial charge is 0.410 e. The summed E-state index contributed by atoms with van der Waals surface area (Å²) in [6, 6.07) is 0.921. The van der Waals surface area contributed by atoms with Crippen molar-refractivity contribution in [3.05, 3.63) is 0 Å². The molecule has 2 atom stereocenters. The number of amides is 1. The number of hydrogen-bond acceptors (Lipinski definition) is 4. The molecule has 2 rings (SSSR count).